The van der Waals surface area contributed by atoms with Crippen molar-refractivity contribution >= 4 is 27.3 Å². The summed E-state index contributed by atoms with van der Waals surface area (Å²) in [5, 5.41) is 20.8. The Bertz CT molecular complexity index is 1420. The van der Waals surface area contributed by atoms with Crippen LogP contribution >= 0.6 is 0 Å². The minimum absolute atomic E-state index is 0.0934. The van der Waals surface area contributed by atoms with E-state index in [-0.39, 0.29) is 18.2 Å². The van der Waals surface area contributed by atoms with Gasteiger partial charge in [-0.1, -0.05) is 42.5 Å². The average Bonchev–Trinajstić information content (AvgIpc) is 2.99. The zero-order chi connectivity index (χ0) is 30.0. The van der Waals surface area contributed by atoms with Crippen LogP contribution in [0.15, 0.2) is 72.8 Å². The SMILES string of the molecule is CCNc1cc(C(=O)N[C@@H](Cc2ccccc2)[C@H](O)CNCCc2cccc(OC)c2)cc(N2CCCCS2(=O)=O)c1. The van der Waals surface area contributed by atoms with Crippen molar-refractivity contribution in [2.75, 3.05) is 48.7 Å². The molecule has 0 unspecified atom stereocenters. The largest absolute Gasteiger partial charge is 0.497 e. The molecule has 4 N–H and O–H groups in total. The predicted octanol–water partition coefficient (Wildman–Crippen LogP) is 3.59. The summed E-state index contributed by atoms with van der Waals surface area (Å²) < 4.78 is 32.3. The van der Waals surface area contributed by atoms with Gasteiger partial charge in [-0.25, -0.2) is 8.42 Å². The van der Waals surface area contributed by atoms with E-state index >= 15 is 0 Å². The number of hydrogen-bond donors (Lipinski definition) is 4. The molecule has 0 aliphatic carbocycles. The van der Waals surface area contributed by atoms with Crippen molar-refractivity contribution in [3.8, 4) is 5.75 Å². The van der Waals surface area contributed by atoms with Crippen LogP contribution in [0.5, 0.6) is 5.75 Å². The minimum Gasteiger partial charge on any atom is -0.497 e. The molecule has 3 aromatic carbocycles. The van der Waals surface area contributed by atoms with Crippen LogP contribution in [0.1, 0.15) is 41.3 Å². The van der Waals surface area contributed by atoms with Gasteiger partial charge in [0.1, 0.15) is 5.75 Å². The predicted molar refractivity (Wildman–Crippen MR) is 168 cm³/mol. The molecule has 1 saturated heterocycles. The summed E-state index contributed by atoms with van der Waals surface area (Å²) in [6.45, 7) is 3.88. The zero-order valence-electron chi connectivity index (χ0n) is 24.4. The Labute approximate surface area is 249 Å². The maximum atomic E-state index is 13.6. The first-order valence-corrected chi connectivity index (χ1v) is 16.2. The summed E-state index contributed by atoms with van der Waals surface area (Å²) in [5.74, 6) is 0.523. The third-order valence-corrected chi connectivity index (χ3v) is 9.23. The van der Waals surface area contributed by atoms with Crippen LogP contribution in [-0.2, 0) is 22.9 Å². The fourth-order valence-corrected chi connectivity index (χ4v) is 6.75. The number of carbonyl (C=O) groups excluding carboxylic acids is 1. The molecule has 2 atom stereocenters. The van der Waals surface area contributed by atoms with Gasteiger partial charge in [-0.3, -0.25) is 9.10 Å². The first-order valence-electron chi connectivity index (χ1n) is 14.5. The number of aliphatic hydroxyl groups is 1. The molecular formula is C32H42N4O5S. The number of nitrogens with one attached hydrogen (secondary N) is 3. The smallest absolute Gasteiger partial charge is 0.251 e. The van der Waals surface area contributed by atoms with E-state index in [9.17, 15) is 18.3 Å². The Hall–Kier alpha value is -3.60. The number of hydrogen-bond acceptors (Lipinski definition) is 7. The van der Waals surface area contributed by atoms with Gasteiger partial charge >= 0.3 is 0 Å². The van der Waals surface area contributed by atoms with Crippen LogP contribution in [0.25, 0.3) is 0 Å². The van der Waals surface area contributed by atoms with Crippen molar-refractivity contribution in [2.45, 2.75) is 44.8 Å². The Morgan fingerprint density at radius 1 is 1.02 bits per heavy atom. The van der Waals surface area contributed by atoms with E-state index < -0.39 is 22.2 Å². The normalized spacial score (nSPS) is 15.9. The molecule has 42 heavy (non-hydrogen) atoms. The van der Waals surface area contributed by atoms with Gasteiger partial charge in [-0.15, -0.1) is 0 Å². The van der Waals surface area contributed by atoms with E-state index in [0.29, 0.717) is 49.4 Å². The third kappa shape index (κ3) is 8.70. The summed E-state index contributed by atoms with van der Waals surface area (Å²) >= 11 is 0. The third-order valence-electron chi connectivity index (χ3n) is 7.36. The van der Waals surface area contributed by atoms with Crippen molar-refractivity contribution in [1.29, 1.82) is 0 Å². The molecule has 0 saturated carbocycles. The molecule has 0 radical (unpaired) electrons. The highest BCUT2D eigenvalue weighted by Crippen LogP contribution is 2.28. The summed E-state index contributed by atoms with van der Waals surface area (Å²) in [6.07, 6.45) is 1.73. The van der Waals surface area contributed by atoms with Crippen molar-refractivity contribution in [2.24, 2.45) is 0 Å². The molecular weight excluding hydrogens is 552 g/mol. The maximum absolute atomic E-state index is 13.6. The van der Waals surface area contributed by atoms with Crippen molar-refractivity contribution < 1.29 is 23.1 Å². The van der Waals surface area contributed by atoms with E-state index in [1.54, 1.807) is 25.3 Å². The lowest BCUT2D eigenvalue weighted by Gasteiger charge is -2.29. The van der Waals surface area contributed by atoms with Gasteiger partial charge < -0.3 is 25.8 Å². The van der Waals surface area contributed by atoms with Gasteiger partial charge in [0, 0.05) is 30.9 Å². The van der Waals surface area contributed by atoms with Crippen LogP contribution in [0.2, 0.25) is 0 Å². The highest BCUT2D eigenvalue weighted by molar-refractivity contribution is 7.92. The highest BCUT2D eigenvalue weighted by atomic mass is 32.2. The number of sulfonamides is 1. The first kappa shape index (κ1) is 31.3. The van der Waals surface area contributed by atoms with E-state index in [0.717, 1.165) is 29.7 Å². The molecule has 9 nitrogen and oxygen atoms in total. The second kappa shape index (κ2) is 15.0. The fraction of sp³-hybridized carbons (Fsp3) is 0.406. The number of methoxy groups -OCH3 is 1. The molecule has 4 rings (SSSR count). The van der Waals surface area contributed by atoms with Crippen LogP contribution in [0, 0.1) is 0 Å². The van der Waals surface area contributed by atoms with Crippen molar-refractivity contribution in [3.63, 3.8) is 0 Å². The number of carbonyl (C=O) groups is 1. The van der Waals surface area contributed by atoms with Crippen molar-refractivity contribution in [1.82, 2.24) is 10.6 Å². The number of rotatable bonds is 14. The molecule has 1 aliphatic rings. The quantitative estimate of drug-likeness (QED) is 0.211. The van der Waals surface area contributed by atoms with Crippen molar-refractivity contribution in [3.05, 3.63) is 89.5 Å². The fourth-order valence-electron chi connectivity index (χ4n) is 5.13. The summed E-state index contributed by atoms with van der Waals surface area (Å²) in [6, 6.07) is 22.1. The molecule has 0 spiro atoms. The Kier molecular flexibility index (Phi) is 11.2. The molecule has 10 heteroatoms. The van der Waals surface area contributed by atoms with Gasteiger partial charge in [-0.05, 0) is 80.6 Å². The number of aliphatic hydroxyl groups excluding tert-OH is 1. The Morgan fingerprint density at radius 2 is 1.81 bits per heavy atom. The topological polar surface area (TPSA) is 120 Å². The number of anilines is 2. The molecule has 1 aliphatic heterocycles. The molecule has 0 aromatic heterocycles. The molecule has 1 heterocycles. The van der Waals surface area contributed by atoms with Gasteiger partial charge in [0.15, 0.2) is 0 Å². The van der Waals surface area contributed by atoms with E-state index in [1.807, 2.05) is 61.5 Å². The molecule has 1 amide bonds. The lowest BCUT2D eigenvalue weighted by Crippen LogP contribution is -2.49. The molecule has 226 valence electrons. The first-order chi connectivity index (χ1) is 20.3. The lowest BCUT2D eigenvalue weighted by molar-refractivity contribution is 0.0831. The molecule has 3 aromatic rings. The minimum atomic E-state index is -3.45. The number of benzene rings is 3. The van der Waals surface area contributed by atoms with Gasteiger partial charge in [-0.2, -0.15) is 0 Å². The van der Waals surface area contributed by atoms with E-state index in [2.05, 4.69) is 16.0 Å². The van der Waals surface area contributed by atoms with Crippen LogP contribution in [-0.4, -0.2) is 70.6 Å². The number of ether oxygens (including phenoxy) is 1. The van der Waals surface area contributed by atoms with Gasteiger partial charge in [0.25, 0.3) is 5.91 Å². The monoisotopic (exact) mass is 594 g/mol. The molecule has 0 bridgehead atoms. The second-order valence-corrected chi connectivity index (χ2v) is 12.5. The van der Waals surface area contributed by atoms with Gasteiger partial charge in [0.05, 0.1) is 30.7 Å². The average molecular weight is 595 g/mol. The summed E-state index contributed by atoms with van der Waals surface area (Å²) in [4.78, 5) is 13.6. The van der Waals surface area contributed by atoms with Crippen LogP contribution in [0.3, 0.4) is 0 Å². The molecule has 1 fully saturated rings. The van der Waals surface area contributed by atoms with Gasteiger partial charge in [0.2, 0.25) is 10.0 Å². The zero-order valence-corrected chi connectivity index (χ0v) is 25.2. The summed E-state index contributed by atoms with van der Waals surface area (Å²) in [5.41, 5.74) is 3.58. The van der Waals surface area contributed by atoms with Crippen LogP contribution < -0.4 is 25.0 Å². The Balaban J connectivity index is 1.48. The number of amides is 1. The van der Waals surface area contributed by atoms with Crippen LogP contribution in [0.4, 0.5) is 11.4 Å². The lowest BCUT2D eigenvalue weighted by atomic mass is 10.00. The second-order valence-electron chi connectivity index (χ2n) is 10.5. The van der Waals surface area contributed by atoms with E-state index in [1.165, 1.54) is 4.31 Å². The van der Waals surface area contributed by atoms with E-state index in [4.69, 9.17) is 4.74 Å². The Morgan fingerprint density at radius 3 is 2.55 bits per heavy atom. The summed E-state index contributed by atoms with van der Waals surface area (Å²) in [7, 11) is -1.81. The standard InChI is InChI=1S/C32H42N4O5S/c1-3-34-27-20-26(21-28(22-27)36-16-7-8-17-42(36,39)40)32(38)35-30(19-24-10-5-4-6-11-24)31(37)23-33-15-14-25-12-9-13-29(18-25)41-2/h4-6,9-13,18,20-22,30-31,33-34,37H,3,7-8,14-17,19,23H2,1-2H3,(H,35,38)/t30-,31+/m0/s1. The maximum Gasteiger partial charge on any atom is 0.251 e. The number of nitrogens with zero attached hydrogens (tertiary/aromatic N) is 1. The highest BCUT2D eigenvalue weighted by Gasteiger charge is 2.28.